The molecule has 2 N–H and O–H groups in total. The monoisotopic (exact) mass is 302 g/mol. The molecular formula is C18H26N2O2. The highest BCUT2D eigenvalue weighted by Gasteiger charge is 2.39. The minimum Gasteiger partial charge on any atom is -0.385 e. The molecule has 4 heteroatoms. The molecule has 1 amide bonds. The number of benzene rings is 1. The molecule has 2 fully saturated rings. The molecule has 3 atom stereocenters. The molecule has 2 aliphatic rings. The first-order chi connectivity index (χ1) is 10.5. The van der Waals surface area contributed by atoms with Gasteiger partial charge in [-0.25, -0.2) is 0 Å². The molecule has 0 radical (unpaired) electrons. The molecule has 22 heavy (non-hydrogen) atoms. The summed E-state index contributed by atoms with van der Waals surface area (Å²) in [5, 5.41) is 13.7. The fourth-order valence-electron chi connectivity index (χ4n) is 3.57. The van der Waals surface area contributed by atoms with E-state index in [4.69, 9.17) is 0 Å². The third-order valence-electron chi connectivity index (χ3n) is 4.90. The molecule has 1 saturated heterocycles. The van der Waals surface area contributed by atoms with Crippen LogP contribution in [0.1, 0.15) is 45.1 Å². The minimum absolute atomic E-state index is 0.0660. The van der Waals surface area contributed by atoms with Crippen LogP contribution in [0.2, 0.25) is 0 Å². The first-order valence-corrected chi connectivity index (χ1v) is 8.29. The Hall–Kier alpha value is -1.39. The fourth-order valence-corrected chi connectivity index (χ4v) is 3.57. The Balaban J connectivity index is 1.54. The number of amides is 1. The molecule has 1 aromatic carbocycles. The van der Waals surface area contributed by atoms with Gasteiger partial charge in [-0.1, -0.05) is 30.3 Å². The number of nitrogens with one attached hydrogen (secondary N) is 1. The van der Waals surface area contributed by atoms with Gasteiger partial charge in [0.1, 0.15) is 0 Å². The summed E-state index contributed by atoms with van der Waals surface area (Å²) in [4.78, 5) is 14.8. The molecule has 1 aliphatic carbocycles. The Labute approximate surface area is 132 Å². The van der Waals surface area contributed by atoms with Gasteiger partial charge in [0, 0.05) is 24.7 Å². The first kappa shape index (κ1) is 15.5. The number of carbonyl (C=O) groups is 1. The molecule has 1 saturated carbocycles. The molecule has 4 nitrogen and oxygen atoms in total. The van der Waals surface area contributed by atoms with E-state index in [9.17, 15) is 9.90 Å². The predicted molar refractivity (Wildman–Crippen MR) is 86.4 cm³/mol. The summed E-state index contributed by atoms with van der Waals surface area (Å²) in [6.45, 7) is 4.89. The maximum absolute atomic E-state index is 12.3. The van der Waals surface area contributed by atoms with Gasteiger partial charge in [0.25, 0.3) is 0 Å². The van der Waals surface area contributed by atoms with Gasteiger partial charge >= 0.3 is 0 Å². The molecular weight excluding hydrogens is 276 g/mol. The lowest BCUT2D eigenvalue weighted by Gasteiger charge is -2.24. The summed E-state index contributed by atoms with van der Waals surface area (Å²) in [5.41, 5.74) is -0.337. The first-order valence-electron chi connectivity index (χ1n) is 8.29. The van der Waals surface area contributed by atoms with E-state index in [1.54, 1.807) is 6.92 Å². The number of rotatable bonds is 5. The summed E-state index contributed by atoms with van der Waals surface area (Å²) in [6, 6.07) is 10.9. The number of hydrogen-bond acceptors (Lipinski definition) is 3. The smallest absolute Gasteiger partial charge is 0.223 e. The van der Waals surface area contributed by atoms with Crippen molar-refractivity contribution in [2.45, 2.75) is 63.3 Å². The van der Waals surface area contributed by atoms with E-state index in [0.29, 0.717) is 6.04 Å². The van der Waals surface area contributed by atoms with Gasteiger partial charge < -0.3 is 10.4 Å². The summed E-state index contributed by atoms with van der Waals surface area (Å²) in [6.07, 6.45) is 3.71. The van der Waals surface area contributed by atoms with Crippen molar-refractivity contribution in [3.63, 3.8) is 0 Å². The molecule has 1 aromatic rings. The van der Waals surface area contributed by atoms with Crippen LogP contribution in [0.15, 0.2) is 30.3 Å². The molecule has 0 bridgehead atoms. The van der Waals surface area contributed by atoms with E-state index in [-0.39, 0.29) is 18.4 Å². The Morgan fingerprint density at radius 1 is 1.36 bits per heavy atom. The third kappa shape index (κ3) is 3.50. The number of carbonyl (C=O) groups excluding carboxylic acids is 1. The molecule has 120 valence electrons. The van der Waals surface area contributed by atoms with Gasteiger partial charge in [-0.2, -0.15) is 0 Å². The lowest BCUT2D eigenvalue weighted by Crippen LogP contribution is -2.40. The SMILES string of the molecule is CC1CC(NC(=O)CC(C)(O)c2ccccc2)CN1C1CC1. The maximum Gasteiger partial charge on any atom is 0.223 e. The van der Waals surface area contributed by atoms with Crippen molar-refractivity contribution in [3.8, 4) is 0 Å². The van der Waals surface area contributed by atoms with Gasteiger partial charge in [-0.3, -0.25) is 9.69 Å². The van der Waals surface area contributed by atoms with Gasteiger partial charge in [-0.05, 0) is 38.7 Å². The number of nitrogens with zero attached hydrogens (tertiary/aromatic N) is 1. The lowest BCUT2D eigenvalue weighted by molar-refractivity contribution is -0.126. The zero-order valence-corrected chi connectivity index (χ0v) is 13.5. The van der Waals surface area contributed by atoms with Crippen LogP contribution in [0.5, 0.6) is 0 Å². The third-order valence-corrected chi connectivity index (χ3v) is 4.90. The average Bonchev–Trinajstić information content (AvgIpc) is 3.24. The van der Waals surface area contributed by atoms with Crippen molar-refractivity contribution in [1.29, 1.82) is 0 Å². The quantitative estimate of drug-likeness (QED) is 0.875. The predicted octanol–water partition coefficient (Wildman–Crippen LogP) is 2.03. The standard InChI is InChI=1S/C18H26N2O2/c1-13-10-15(12-20(13)16-8-9-16)19-17(21)11-18(2,22)14-6-4-3-5-7-14/h3-7,13,15-16,22H,8-12H2,1-2H3,(H,19,21). The normalized spacial score (nSPS) is 28.3. The molecule has 0 spiro atoms. The highest BCUT2D eigenvalue weighted by atomic mass is 16.3. The van der Waals surface area contributed by atoms with Crippen LogP contribution in [-0.2, 0) is 10.4 Å². The van der Waals surface area contributed by atoms with Crippen LogP contribution in [0.25, 0.3) is 0 Å². The highest BCUT2D eigenvalue weighted by molar-refractivity contribution is 5.77. The fraction of sp³-hybridized carbons (Fsp3) is 0.611. The number of likely N-dealkylation sites (tertiary alicyclic amines) is 1. The second-order valence-electron chi connectivity index (χ2n) is 7.09. The lowest BCUT2D eigenvalue weighted by atomic mass is 9.92. The highest BCUT2D eigenvalue weighted by Crippen LogP contribution is 2.33. The topological polar surface area (TPSA) is 52.6 Å². The summed E-state index contributed by atoms with van der Waals surface area (Å²) < 4.78 is 0. The Bertz CT molecular complexity index is 525. The van der Waals surface area contributed by atoms with Crippen LogP contribution < -0.4 is 5.32 Å². The van der Waals surface area contributed by atoms with Crippen LogP contribution in [-0.4, -0.2) is 40.6 Å². The van der Waals surface area contributed by atoms with Crippen molar-refractivity contribution < 1.29 is 9.90 Å². The largest absolute Gasteiger partial charge is 0.385 e. The van der Waals surface area contributed by atoms with Crippen LogP contribution in [0.4, 0.5) is 0 Å². The molecule has 0 aromatic heterocycles. The molecule has 3 unspecified atom stereocenters. The zero-order valence-electron chi connectivity index (χ0n) is 13.5. The maximum atomic E-state index is 12.3. The second kappa shape index (κ2) is 6.01. The second-order valence-corrected chi connectivity index (χ2v) is 7.09. The van der Waals surface area contributed by atoms with E-state index in [0.717, 1.165) is 24.6 Å². The zero-order chi connectivity index (χ0) is 15.7. The molecule has 1 aliphatic heterocycles. The Kier molecular flexibility index (Phi) is 4.24. The van der Waals surface area contributed by atoms with Crippen molar-refractivity contribution >= 4 is 5.91 Å². The van der Waals surface area contributed by atoms with E-state index in [1.165, 1.54) is 12.8 Å². The average molecular weight is 302 g/mol. The summed E-state index contributed by atoms with van der Waals surface area (Å²) in [7, 11) is 0. The van der Waals surface area contributed by atoms with Crippen molar-refractivity contribution in [3.05, 3.63) is 35.9 Å². The van der Waals surface area contributed by atoms with Crippen molar-refractivity contribution in [2.75, 3.05) is 6.54 Å². The van der Waals surface area contributed by atoms with Gasteiger partial charge in [0.05, 0.1) is 12.0 Å². The van der Waals surface area contributed by atoms with Crippen LogP contribution in [0.3, 0.4) is 0 Å². The Morgan fingerprint density at radius 3 is 2.68 bits per heavy atom. The molecule has 3 rings (SSSR count). The van der Waals surface area contributed by atoms with Gasteiger partial charge in [0.2, 0.25) is 5.91 Å². The molecule has 1 heterocycles. The van der Waals surface area contributed by atoms with Crippen molar-refractivity contribution in [2.24, 2.45) is 0 Å². The van der Waals surface area contributed by atoms with Crippen molar-refractivity contribution in [1.82, 2.24) is 10.2 Å². The number of aliphatic hydroxyl groups is 1. The van der Waals surface area contributed by atoms with Crippen LogP contribution >= 0.6 is 0 Å². The summed E-state index contributed by atoms with van der Waals surface area (Å²) in [5.74, 6) is -0.0660. The van der Waals surface area contributed by atoms with E-state index >= 15 is 0 Å². The van der Waals surface area contributed by atoms with E-state index in [2.05, 4.69) is 17.1 Å². The van der Waals surface area contributed by atoms with Crippen LogP contribution in [0, 0.1) is 0 Å². The minimum atomic E-state index is -1.12. The summed E-state index contributed by atoms with van der Waals surface area (Å²) >= 11 is 0. The number of hydrogen-bond donors (Lipinski definition) is 2. The van der Waals surface area contributed by atoms with Gasteiger partial charge in [-0.15, -0.1) is 0 Å². The van der Waals surface area contributed by atoms with E-state index in [1.807, 2.05) is 30.3 Å². The van der Waals surface area contributed by atoms with Gasteiger partial charge in [0.15, 0.2) is 0 Å². The Morgan fingerprint density at radius 2 is 2.05 bits per heavy atom. The van der Waals surface area contributed by atoms with E-state index < -0.39 is 5.60 Å².